The molecule has 52 valence electrons. The minimum atomic E-state index is 1.07. The minimum absolute atomic E-state index is 1.07. The van der Waals surface area contributed by atoms with Crippen molar-refractivity contribution >= 4 is 22.6 Å². The first kappa shape index (κ1) is 9.21. The fraction of sp³-hybridized carbons (Fsp3) is 0.500. The highest BCUT2D eigenvalue weighted by Gasteiger charge is 1.94. The molecule has 0 fully saturated rings. The van der Waals surface area contributed by atoms with Crippen LogP contribution in [0.3, 0.4) is 0 Å². The second-order valence-corrected chi connectivity index (χ2v) is 2.57. The van der Waals surface area contributed by atoms with Crippen LogP contribution in [0.25, 0.3) is 0 Å². The second kappa shape index (κ2) is 5.03. The van der Waals surface area contributed by atoms with Crippen LogP contribution in [0.5, 0.6) is 0 Å². The lowest BCUT2D eigenvalue weighted by molar-refractivity contribution is 1.04. The van der Waals surface area contributed by atoms with Crippen molar-refractivity contribution in [1.82, 2.24) is 0 Å². The summed E-state index contributed by atoms with van der Waals surface area (Å²) in [4.78, 5) is 0. The molecule has 0 spiro atoms. The molecule has 0 rings (SSSR count). The van der Waals surface area contributed by atoms with E-state index in [1.54, 1.807) is 0 Å². The molecule has 0 radical (unpaired) electrons. The van der Waals surface area contributed by atoms with Crippen molar-refractivity contribution in [2.45, 2.75) is 26.7 Å². The van der Waals surface area contributed by atoms with Crippen molar-refractivity contribution in [3.8, 4) is 0 Å². The van der Waals surface area contributed by atoms with Crippen molar-refractivity contribution in [3.63, 3.8) is 0 Å². The van der Waals surface area contributed by atoms with E-state index in [-0.39, 0.29) is 0 Å². The molecular formula is C8H13I. The van der Waals surface area contributed by atoms with Crippen LogP contribution in [0.2, 0.25) is 0 Å². The van der Waals surface area contributed by atoms with Crippen LogP contribution in [-0.4, -0.2) is 0 Å². The summed E-state index contributed by atoms with van der Waals surface area (Å²) in [6.07, 6.45) is 2.18. The molecule has 0 aliphatic heterocycles. The highest BCUT2D eigenvalue weighted by Crippen LogP contribution is 2.16. The van der Waals surface area contributed by atoms with Crippen molar-refractivity contribution in [2.24, 2.45) is 0 Å². The summed E-state index contributed by atoms with van der Waals surface area (Å²) in [5.74, 6) is 0. The SMILES string of the molecule is C=C(CC)C(=CI)CC. The van der Waals surface area contributed by atoms with Gasteiger partial charge in [0.2, 0.25) is 0 Å². The Kier molecular flexibility index (Phi) is 5.15. The van der Waals surface area contributed by atoms with Gasteiger partial charge in [-0.05, 0) is 22.5 Å². The largest absolute Gasteiger partial charge is 0.0956 e. The third kappa shape index (κ3) is 3.04. The van der Waals surface area contributed by atoms with E-state index in [0.29, 0.717) is 0 Å². The summed E-state index contributed by atoms with van der Waals surface area (Å²) >= 11 is 2.27. The average Bonchev–Trinajstić information content (AvgIpc) is 1.90. The first-order chi connectivity index (χ1) is 4.26. The van der Waals surface area contributed by atoms with E-state index in [9.17, 15) is 0 Å². The lowest BCUT2D eigenvalue weighted by Crippen LogP contribution is -1.82. The first-order valence-corrected chi connectivity index (χ1v) is 4.48. The second-order valence-electron chi connectivity index (χ2n) is 1.95. The lowest BCUT2D eigenvalue weighted by Gasteiger charge is -2.02. The molecule has 0 aromatic carbocycles. The summed E-state index contributed by atoms with van der Waals surface area (Å²) in [5.41, 5.74) is 2.66. The zero-order valence-electron chi connectivity index (χ0n) is 6.08. The van der Waals surface area contributed by atoms with Crippen LogP contribution in [0.15, 0.2) is 21.8 Å². The van der Waals surface area contributed by atoms with Gasteiger partial charge in [-0.1, -0.05) is 48.6 Å². The monoisotopic (exact) mass is 236 g/mol. The number of allylic oxidation sites excluding steroid dienone is 2. The van der Waals surface area contributed by atoms with E-state index in [2.05, 4.69) is 47.1 Å². The molecule has 0 atom stereocenters. The Hall–Kier alpha value is 0.210. The van der Waals surface area contributed by atoms with E-state index in [1.807, 2.05) is 0 Å². The molecule has 0 N–H and O–H groups in total. The van der Waals surface area contributed by atoms with Gasteiger partial charge in [0.05, 0.1) is 0 Å². The lowest BCUT2D eigenvalue weighted by atomic mass is 10.1. The summed E-state index contributed by atoms with van der Waals surface area (Å²) < 4.78 is 2.11. The highest BCUT2D eigenvalue weighted by atomic mass is 127. The standard InChI is InChI=1S/C8H13I/c1-4-7(3)8(5-2)6-9/h6H,3-5H2,1-2H3. The number of hydrogen-bond acceptors (Lipinski definition) is 0. The molecule has 0 unspecified atom stereocenters. The van der Waals surface area contributed by atoms with Crippen LogP contribution in [-0.2, 0) is 0 Å². The molecule has 1 heteroatoms. The van der Waals surface area contributed by atoms with Crippen LogP contribution in [0, 0.1) is 0 Å². The van der Waals surface area contributed by atoms with Crippen LogP contribution < -0.4 is 0 Å². The maximum atomic E-state index is 3.94. The molecule has 9 heavy (non-hydrogen) atoms. The van der Waals surface area contributed by atoms with Gasteiger partial charge in [-0.15, -0.1) is 0 Å². The molecule has 0 aliphatic carbocycles. The van der Waals surface area contributed by atoms with Gasteiger partial charge in [0.1, 0.15) is 0 Å². The van der Waals surface area contributed by atoms with E-state index < -0.39 is 0 Å². The Morgan fingerprint density at radius 2 is 2.00 bits per heavy atom. The van der Waals surface area contributed by atoms with E-state index in [4.69, 9.17) is 0 Å². The van der Waals surface area contributed by atoms with Crippen molar-refractivity contribution in [2.75, 3.05) is 0 Å². The van der Waals surface area contributed by atoms with E-state index >= 15 is 0 Å². The third-order valence-electron chi connectivity index (χ3n) is 1.39. The Morgan fingerprint density at radius 1 is 1.44 bits per heavy atom. The molecule has 0 aromatic rings. The van der Waals surface area contributed by atoms with Gasteiger partial charge in [0.15, 0.2) is 0 Å². The summed E-state index contributed by atoms with van der Waals surface area (Å²) in [7, 11) is 0. The molecular weight excluding hydrogens is 223 g/mol. The highest BCUT2D eigenvalue weighted by molar-refractivity contribution is 14.1. The summed E-state index contributed by atoms with van der Waals surface area (Å²) in [6.45, 7) is 8.24. The fourth-order valence-corrected chi connectivity index (χ4v) is 1.51. The van der Waals surface area contributed by atoms with Gasteiger partial charge in [-0.25, -0.2) is 0 Å². The summed E-state index contributed by atoms with van der Waals surface area (Å²) in [6, 6.07) is 0. The van der Waals surface area contributed by atoms with Crippen molar-refractivity contribution in [1.29, 1.82) is 0 Å². The molecule has 0 saturated heterocycles. The third-order valence-corrected chi connectivity index (χ3v) is 2.15. The average molecular weight is 236 g/mol. The number of halogens is 1. The van der Waals surface area contributed by atoms with Gasteiger partial charge >= 0.3 is 0 Å². The maximum Gasteiger partial charge on any atom is -0.0199 e. The molecule has 0 heterocycles. The Labute approximate surface area is 71.2 Å². The molecule has 0 amide bonds. The molecule has 0 bridgehead atoms. The van der Waals surface area contributed by atoms with Crippen LogP contribution >= 0.6 is 22.6 Å². The zero-order valence-corrected chi connectivity index (χ0v) is 8.23. The normalized spacial score (nSPS) is 11.7. The maximum absolute atomic E-state index is 3.94. The van der Waals surface area contributed by atoms with Gasteiger partial charge in [0.25, 0.3) is 0 Å². The Bertz CT molecular complexity index is 123. The van der Waals surface area contributed by atoms with E-state index in [0.717, 1.165) is 12.8 Å². The van der Waals surface area contributed by atoms with Crippen molar-refractivity contribution < 1.29 is 0 Å². The van der Waals surface area contributed by atoms with Gasteiger partial charge < -0.3 is 0 Å². The smallest absolute Gasteiger partial charge is 0.0199 e. The van der Waals surface area contributed by atoms with Gasteiger partial charge in [-0.3, -0.25) is 0 Å². The Morgan fingerprint density at radius 3 is 2.11 bits per heavy atom. The number of hydrogen-bond donors (Lipinski definition) is 0. The topological polar surface area (TPSA) is 0 Å². The van der Waals surface area contributed by atoms with E-state index in [1.165, 1.54) is 11.1 Å². The first-order valence-electron chi connectivity index (χ1n) is 3.23. The van der Waals surface area contributed by atoms with Crippen molar-refractivity contribution in [3.05, 3.63) is 21.8 Å². The quantitative estimate of drug-likeness (QED) is 0.518. The van der Waals surface area contributed by atoms with Crippen LogP contribution in [0.4, 0.5) is 0 Å². The summed E-state index contributed by atoms with van der Waals surface area (Å²) in [5, 5.41) is 0. The van der Waals surface area contributed by atoms with Crippen LogP contribution in [0.1, 0.15) is 26.7 Å². The molecule has 0 aromatic heterocycles. The molecule has 0 saturated carbocycles. The minimum Gasteiger partial charge on any atom is -0.0956 e. The van der Waals surface area contributed by atoms with Gasteiger partial charge in [-0.2, -0.15) is 0 Å². The predicted octanol–water partition coefficient (Wildman–Crippen LogP) is 3.68. The molecule has 0 nitrogen and oxygen atoms in total. The zero-order chi connectivity index (χ0) is 7.28. The Balaban J connectivity index is 3.97. The number of rotatable bonds is 3. The fourth-order valence-electron chi connectivity index (χ4n) is 0.631. The van der Waals surface area contributed by atoms with Gasteiger partial charge in [0, 0.05) is 0 Å². The predicted molar refractivity (Wildman–Crippen MR) is 51.8 cm³/mol. The molecule has 0 aliphatic rings.